The fourth-order valence-electron chi connectivity index (χ4n) is 3.03. The molecular weight excluding hydrogens is 380 g/mol. The molecule has 3 aromatic heterocycles. The van der Waals surface area contributed by atoms with Gasteiger partial charge in [0.25, 0.3) is 6.43 Å². The van der Waals surface area contributed by atoms with Gasteiger partial charge in [-0.3, -0.25) is 4.40 Å². The Morgan fingerprint density at radius 1 is 1.24 bits per heavy atom. The van der Waals surface area contributed by atoms with Crippen LogP contribution in [0.3, 0.4) is 0 Å². The number of fused-ring (bicyclic) bond motifs is 1. The van der Waals surface area contributed by atoms with Crippen molar-refractivity contribution in [2.45, 2.75) is 39.3 Å². The van der Waals surface area contributed by atoms with Gasteiger partial charge in [-0.2, -0.15) is 0 Å². The summed E-state index contributed by atoms with van der Waals surface area (Å²) in [5, 5.41) is 0. The maximum Gasteiger partial charge on any atom is 0.281 e. The SMILES string of the molecule is CC.CC(N)C1CN(c2ccnc(-c3cnc4cnc(C(F)F)cn34)n2)CCO1.[HH]. The van der Waals surface area contributed by atoms with E-state index in [1.807, 2.05) is 26.8 Å². The summed E-state index contributed by atoms with van der Waals surface area (Å²) in [5.74, 6) is 1.13. The number of nitrogens with two attached hydrogens (primary N) is 1. The first-order valence-corrected chi connectivity index (χ1v) is 9.59. The molecule has 3 aromatic rings. The lowest BCUT2D eigenvalue weighted by Gasteiger charge is -2.35. The summed E-state index contributed by atoms with van der Waals surface area (Å²) in [7, 11) is 0. The van der Waals surface area contributed by atoms with Gasteiger partial charge in [-0.1, -0.05) is 13.8 Å². The number of rotatable bonds is 4. The summed E-state index contributed by atoms with van der Waals surface area (Å²) in [5.41, 5.74) is 6.60. The predicted octanol–water partition coefficient (Wildman–Crippen LogP) is 2.95. The number of nitrogens with zero attached hydrogens (tertiary/aromatic N) is 6. The van der Waals surface area contributed by atoms with Crippen LogP contribution < -0.4 is 10.6 Å². The Bertz CT molecular complexity index is 954. The van der Waals surface area contributed by atoms with E-state index < -0.39 is 6.43 Å². The van der Waals surface area contributed by atoms with Crippen molar-refractivity contribution in [1.29, 1.82) is 0 Å². The zero-order chi connectivity index (χ0) is 21.0. The first-order valence-electron chi connectivity index (χ1n) is 9.59. The van der Waals surface area contributed by atoms with Crippen LogP contribution in [0.25, 0.3) is 17.2 Å². The van der Waals surface area contributed by atoms with Crippen LogP contribution in [0.5, 0.6) is 0 Å². The summed E-state index contributed by atoms with van der Waals surface area (Å²) in [6, 6.07) is 1.72. The maximum atomic E-state index is 13.0. The lowest BCUT2D eigenvalue weighted by molar-refractivity contribution is 0.0273. The molecule has 29 heavy (non-hydrogen) atoms. The summed E-state index contributed by atoms with van der Waals surface area (Å²) < 4.78 is 33.2. The minimum Gasteiger partial charge on any atom is -0.373 e. The van der Waals surface area contributed by atoms with Crippen LogP contribution in [-0.4, -0.2) is 56.2 Å². The minimum atomic E-state index is -2.67. The lowest BCUT2D eigenvalue weighted by atomic mass is 10.1. The molecule has 1 aliphatic heterocycles. The molecule has 0 amide bonds. The van der Waals surface area contributed by atoms with E-state index in [1.54, 1.807) is 12.4 Å². The summed E-state index contributed by atoms with van der Waals surface area (Å²) in [4.78, 5) is 18.9. The number of anilines is 1. The van der Waals surface area contributed by atoms with E-state index in [9.17, 15) is 8.78 Å². The van der Waals surface area contributed by atoms with Gasteiger partial charge in [0, 0.05) is 33.0 Å². The molecule has 4 heterocycles. The fourth-order valence-corrected chi connectivity index (χ4v) is 3.03. The van der Waals surface area contributed by atoms with Gasteiger partial charge < -0.3 is 15.4 Å². The lowest BCUT2D eigenvalue weighted by Crippen LogP contribution is -2.49. The van der Waals surface area contributed by atoms with Gasteiger partial charge in [0.2, 0.25) is 0 Å². The number of morpholine rings is 1. The Morgan fingerprint density at radius 2 is 2.03 bits per heavy atom. The molecule has 0 aliphatic carbocycles. The number of halogens is 2. The topological polar surface area (TPSA) is 94.5 Å². The van der Waals surface area contributed by atoms with Crippen molar-refractivity contribution in [2.75, 3.05) is 24.6 Å². The van der Waals surface area contributed by atoms with E-state index >= 15 is 0 Å². The van der Waals surface area contributed by atoms with Crippen molar-refractivity contribution in [2.24, 2.45) is 5.73 Å². The molecule has 1 saturated heterocycles. The molecule has 0 bridgehead atoms. The highest BCUT2D eigenvalue weighted by atomic mass is 19.3. The average molecular weight is 407 g/mol. The highest BCUT2D eigenvalue weighted by Crippen LogP contribution is 2.23. The van der Waals surface area contributed by atoms with Crippen LogP contribution in [0, 0.1) is 0 Å². The summed E-state index contributed by atoms with van der Waals surface area (Å²) >= 11 is 0. The Hall–Kier alpha value is -2.72. The second kappa shape index (κ2) is 9.19. The molecular formula is C19H27F2N7O. The molecule has 0 radical (unpaired) electrons. The minimum absolute atomic E-state index is 0. The number of hydrogen-bond donors (Lipinski definition) is 1. The van der Waals surface area contributed by atoms with Crippen LogP contribution in [0.2, 0.25) is 0 Å². The smallest absolute Gasteiger partial charge is 0.281 e. The van der Waals surface area contributed by atoms with Gasteiger partial charge in [0.15, 0.2) is 11.5 Å². The molecule has 2 atom stereocenters. The fraction of sp³-hybridized carbons (Fsp3) is 0.474. The van der Waals surface area contributed by atoms with Crippen molar-refractivity contribution in [3.05, 3.63) is 36.5 Å². The Morgan fingerprint density at radius 3 is 2.76 bits per heavy atom. The number of imidazole rings is 1. The van der Waals surface area contributed by atoms with Crippen molar-refractivity contribution >= 4 is 11.5 Å². The molecule has 2 unspecified atom stereocenters. The van der Waals surface area contributed by atoms with Crippen LogP contribution in [0.1, 0.15) is 34.3 Å². The van der Waals surface area contributed by atoms with Crippen LogP contribution in [0.4, 0.5) is 14.6 Å². The molecule has 10 heteroatoms. The first-order chi connectivity index (χ1) is 14.0. The van der Waals surface area contributed by atoms with Crippen molar-refractivity contribution < 1.29 is 14.9 Å². The molecule has 4 rings (SSSR count). The zero-order valence-corrected chi connectivity index (χ0v) is 16.7. The van der Waals surface area contributed by atoms with E-state index in [1.165, 1.54) is 16.8 Å². The van der Waals surface area contributed by atoms with Crippen molar-refractivity contribution in [3.63, 3.8) is 0 Å². The predicted molar refractivity (Wildman–Crippen MR) is 108 cm³/mol. The Balaban J connectivity index is 0.00000104. The highest BCUT2D eigenvalue weighted by Gasteiger charge is 2.25. The van der Waals surface area contributed by atoms with E-state index in [0.29, 0.717) is 36.9 Å². The number of aromatic nitrogens is 5. The summed E-state index contributed by atoms with van der Waals surface area (Å²) in [6.45, 7) is 7.78. The third kappa shape index (κ3) is 4.48. The number of alkyl halides is 2. The van der Waals surface area contributed by atoms with Crippen molar-refractivity contribution in [3.8, 4) is 11.5 Å². The van der Waals surface area contributed by atoms with Gasteiger partial charge >= 0.3 is 0 Å². The van der Waals surface area contributed by atoms with E-state index in [4.69, 9.17) is 10.5 Å². The van der Waals surface area contributed by atoms with Gasteiger partial charge in [0.1, 0.15) is 17.2 Å². The molecule has 0 spiro atoms. The van der Waals surface area contributed by atoms with Crippen LogP contribution >= 0.6 is 0 Å². The number of ether oxygens (including phenoxy) is 1. The molecule has 2 N–H and O–H groups in total. The van der Waals surface area contributed by atoms with E-state index in [2.05, 4.69) is 24.8 Å². The first kappa shape index (κ1) is 21.0. The zero-order valence-electron chi connectivity index (χ0n) is 16.7. The second-order valence-electron chi connectivity index (χ2n) is 6.44. The third-order valence-electron chi connectivity index (χ3n) is 4.51. The molecule has 158 valence electrons. The summed E-state index contributed by atoms with van der Waals surface area (Å²) in [6.07, 6.45) is 3.02. The standard InChI is InChI=1S/C17H19F2N7O.C2H6.H2/c1-10(20)13-9-25(4-5-27-13)14-2-3-21-17(24-14)12-6-23-15-7-22-11(16(18)19)8-26(12)15;1-2;/h2-3,6-8,10,13,16H,4-5,9,20H2,1H3;1-2H3;1H. The molecule has 0 aromatic carbocycles. The maximum absolute atomic E-state index is 13.0. The molecule has 8 nitrogen and oxygen atoms in total. The monoisotopic (exact) mass is 407 g/mol. The van der Waals surface area contributed by atoms with E-state index in [0.717, 1.165) is 5.82 Å². The van der Waals surface area contributed by atoms with E-state index in [-0.39, 0.29) is 19.3 Å². The van der Waals surface area contributed by atoms with Crippen LogP contribution in [0.15, 0.2) is 30.9 Å². The Kier molecular flexibility index (Phi) is 6.65. The Labute approximate surface area is 169 Å². The normalized spacial score (nSPS) is 17.9. The number of hydrogen-bond acceptors (Lipinski definition) is 7. The molecule has 0 saturated carbocycles. The van der Waals surface area contributed by atoms with Gasteiger partial charge in [-0.05, 0) is 13.0 Å². The third-order valence-corrected chi connectivity index (χ3v) is 4.51. The van der Waals surface area contributed by atoms with Gasteiger partial charge in [-0.25, -0.2) is 28.7 Å². The van der Waals surface area contributed by atoms with Gasteiger partial charge in [0.05, 0.1) is 25.1 Å². The molecule has 1 aliphatic rings. The van der Waals surface area contributed by atoms with Crippen molar-refractivity contribution in [1.82, 2.24) is 24.3 Å². The quantitative estimate of drug-likeness (QED) is 0.710. The van der Waals surface area contributed by atoms with Gasteiger partial charge in [-0.15, -0.1) is 0 Å². The largest absolute Gasteiger partial charge is 0.373 e. The highest BCUT2D eigenvalue weighted by molar-refractivity contribution is 5.58. The average Bonchev–Trinajstić information content (AvgIpc) is 3.18. The second-order valence-corrected chi connectivity index (χ2v) is 6.44. The van der Waals surface area contributed by atoms with Crippen LogP contribution in [-0.2, 0) is 4.74 Å². The molecule has 1 fully saturated rings.